The lowest BCUT2D eigenvalue weighted by molar-refractivity contribution is 0.0184. The van der Waals surface area contributed by atoms with Gasteiger partial charge < -0.3 is 4.74 Å². The lowest BCUT2D eigenvalue weighted by Crippen LogP contribution is -2.44. The van der Waals surface area contributed by atoms with E-state index in [0.717, 1.165) is 51.5 Å². The summed E-state index contributed by atoms with van der Waals surface area (Å²) in [6, 6.07) is 6.13. The van der Waals surface area contributed by atoms with Crippen LogP contribution in [0, 0.1) is 12.7 Å². The van der Waals surface area contributed by atoms with E-state index in [4.69, 9.17) is 4.74 Å². The van der Waals surface area contributed by atoms with E-state index in [0.29, 0.717) is 6.04 Å². The molecule has 1 unspecified atom stereocenters. The second kappa shape index (κ2) is 6.20. The van der Waals surface area contributed by atoms with Crippen LogP contribution in [0.3, 0.4) is 0 Å². The molecule has 0 N–H and O–H groups in total. The van der Waals surface area contributed by atoms with Crippen LogP contribution in [0.2, 0.25) is 0 Å². The first kappa shape index (κ1) is 14.0. The highest BCUT2D eigenvalue weighted by Gasteiger charge is 2.28. The molecule has 1 atom stereocenters. The molecule has 20 heavy (non-hydrogen) atoms. The molecule has 0 amide bonds. The molecular weight excluding hydrogens is 255 g/mol. The first-order valence-corrected chi connectivity index (χ1v) is 7.51. The third-order valence-electron chi connectivity index (χ3n) is 4.44. The molecule has 3 rings (SSSR count). The summed E-state index contributed by atoms with van der Waals surface area (Å²) in [5, 5.41) is 0. The first-order valence-electron chi connectivity index (χ1n) is 7.51. The molecule has 3 nitrogen and oxygen atoms in total. The molecule has 2 fully saturated rings. The normalized spacial score (nSPS) is 25.2. The molecule has 0 saturated carbocycles. The minimum atomic E-state index is -0.110. The summed E-state index contributed by atoms with van der Waals surface area (Å²) in [5.74, 6) is -0.110. The Kier molecular flexibility index (Phi) is 4.34. The van der Waals surface area contributed by atoms with Crippen LogP contribution in [-0.2, 0) is 11.3 Å². The minimum absolute atomic E-state index is 0.110. The van der Waals surface area contributed by atoms with Gasteiger partial charge in [0.2, 0.25) is 0 Å². The van der Waals surface area contributed by atoms with E-state index in [1.165, 1.54) is 12.0 Å². The van der Waals surface area contributed by atoms with Crippen molar-refractivity contribution in [2.45, 2.75) is 25.9 Å². The average molecular weight is 278 g/mol. The molecule has 0 spiro atoms. The van der Waals surface area contributed by atoms with E-state index >= 15 is 0 Å². The van der Waals surface area contributed by atoms with Crippen molar-refractivity contribution in [1.29, 1.82) is 0 Å². The number of rotatable bonds is 3. The van der Waals surface area contributed by atoms with E-state index in [1.807, 2.05) is 19.1 Å². The maximum atomic E-state index is 13.3. The molecule has 0 bridgehead atoms. The standard InChI is InChI=1S/C16H23FN2O/c1-13-10-14(2-3-16(13)17)11-18-5-4-15(12-18)19-6-8-20-9-7-19/h2-3,10,15H,4-9,11-12H2,1H3. The predicted octanol–water partition coefficient (Wildman–Crippen LogP) is 2.04. The molecule has 2 aliphatic rings. The summed E-state index contributed by atoms with van der Waals surface area (Å²) in [5.41, 5.74) is 1.96. The number of ether oxygens (including phenoxy) is 1. The predicted molar refractivity (Wildman–Crippen MR) is 77.2 cm³/mol. The summed E-state index contributed by atoms with van der Waals surface area (Å²) in [4.78, 5) is 5.03. The van der Waals surface area contributed by atoms with Crippen molar-refractivity contribution < 1.29 is 9.13 Å². The Balaban J connectivity index is 1.55. The zero-order valence-electron chi connectivity index (χ0n) is 12.1. The van der Waals surface area contributed by atoms with Crippen molar-refractivity contribution in [2.24, 2.45) is 0 Å². The molecule has 0 aromatic heterocycles. The lowest BCUT2D eigenvalue weighted by atomic mass is 10.1. The third kappa shape index (κ3) is 3.19. The van der Waals surface area contributed by atoms with Crippen LogP contribution in [0.25, 0.3) is 0 Å². The number of morpholine rings is 1. The minimum Gasteiger partial charge on any atom is -0.379 e. The largest absolute Gasteiger partial charge is 0.379 e. The summed E-state index contributed by atoms with van der Waals surface area (Å²) in [6.07, 6.45) is 1.24. The van der Waals surface area contributed by atoms with Crippen LogP contribution in [0.1, 0.15) is 17.5 Å². The van der Waals surface area contributed by atoms with Crippen LogP contribution in [0.5, 0.6) is 0 Å². The SMILES string of the molecule is Cc1cc(CN2CCC(N3CCOCC3)C2)ccc1F. The van der Waals surface area contributed by atoms with Crippen molar-refractivity contribution in [3.05, 3.63) is 35.1 Å². The van der Waals surface area contributed by atoms with Gasteiger partial charge in [-0.15, -0.1) is 0 Å². The van der Waals surface area contributed by atoms with Gasteiger partial charge in [-0.05, 0) is 30.5 Å². The van der Waals surface area contributed by atoms with Crippen LogP contribution in [0.15, 0.2) is 18.2 Å². The second-order valence-electron chi connectivity index (χ2n) is 5.91. The number of halogens is 1. The van der Waals surface area contributed by atoms with Crippen molar-refractivity contribution in [1.82, 2.24) is 9.80 Å². The van der Waals surface area contributed by atoms with Gasteiger partial charge in [-0.2, -0.15) is 0 Å². The fourth-order valence-electron chi connectivity index (χ4n) is 3.26. The van der Waals surface area contributed by atoms with E-state index in [2.05, 4.69) is 9.80 Å². The molecular formula is C16H23FN2O. The van der Waals surface area contributed by atoms with Gasteiger partial charge in [-0.3, -0.25) is 9.80 Å². The highest BCUT2D eigenvalue weighted by molar-refractivity contribution is 5.24. The van der Waals surface area contributed by atoms with Crippen molar-refractivity contribution in [3.8, 4) is 0 Å². The van der Waals surface area contributed by atoms with Crippen LogP contribution < -0.4 is 0 Å². The Morgan fingerprint density at radius 1 is 1.25 bits per heavy atom. The molecule has 2 aliphatic heterocycles. The molecule has 1 aromatic carbocycles. The number of hydrogen-bond donors (Lipinski definition) is 0. The van der Waals surface area contributed by atoms with Gasteiger partial charge in [0.25, 0.3) is 0 Å². The number of benzene rings is 1. The van der Waals surface area contributed by atoms with E-state index in [9.17, 15) is 4.39 Å². The fraction of sp³-hybridized carbons (Fsp3) is 0.625. The summed E-state index contributed by atoms with van der Waals surface area (Å²) >= 11 is 0. The van der Waals surface area contributed by atoms with Gasteiger partial charge in [0.05, 0.1) is 13.2 Å². The van der Waals surface area contributed by atoms with Crippen molar-refractivity contribution in [3.63, 3.8) is 0 Å². The average Bonchev–Trinajstić information content (AvgIpc) is 2.92. The van der Waals surface area contributed by atoms with Gasteiger partial charge in [-0.1, -0.05) is 12.1 Å². The molecule has 110 valence electrons. The second-order valence-corrected chi connectivity index (χ2v) is 5.91. The Bertz CT molecular complexity index is 460. The van der Waals surface area contributed by atoms with Crippen molar-refractivity contribution in [2.75, 3.05) is 39.4 Å². The zero-order valence-corrected chi connectivity index (χ0v) is 12.1. The molecule has 0 radical (unpaired) electrons. The highest BCUT2D eigenvalue weighted by atomic mass is 19.1. The summed E-state index contributed by atoms with van der Waals surface area (Å²) in [6.45, 7) is 8.89. The maximum Gasteiger partial charge on any atom is 0.126 e. The number of likely N-dealkylation sites (tertiary alicyclic amines) is 1. The monoisotopic (exact) mass is 278 g/mol. The Morgan fingerprint density at radius 3 is 2.80 bits per heavy atom. The number of nitrogens with zero attached hydrogens (tertiary/aromatic N) is 2. The zero-order chi connectivity index (χ0) is 13.9. The topological polar surface area (TPSA) is 15.7 Å². The maximum absolute atomic E-state index is 13.3. The molecule has 1 aromatic rings. The molecule has 0 aliphatic carbocycles. The van der Waals surface area contributed by atoms with Crippen LogP contribution >= 0.6 is 0 Å². The molecule has 4 heteroatoms. The summed E-state index contributed by atoms with van der Waals surface area (Å²) < 4.78 is 18.7. The number of aryl methyl sites for hydroxylation is 1. The third-order valence-corrected chi connectivity index (χ3v) is 4.44. The highest BCUT2D eigenvalue weighted by Crippen LogP contribution is 2.20. The van der Waals surface area contributed by atoms with Gasteiger partial charge in [0, 0.05) is 38.8 Å². The quantitative estimate of drug-likeness (QED) is 0.841. The Labute approximate surface area is 120 Å². The van der Waals surface area contributed by atoms with Gasteiger partial charge in [0.1, 0.15) is 5.82 Å². The van der Waals surface area contributed by atoms with Crippen LogP contribution in [0.4, 0.5) is 4.39 Å². The van der Waals surface area contributed by atoms with E-state index < -0.39 is 0 Å². The summed E-state index contributed by atoms with van der Waals surface area (Å²) in [7, 11) is 0. The Morgan fingerprint density at radius 2 is 2.05 bits per heavy atom. The fourth-order valence-corrected chi connectivity index (χ4v) is 3.26. The smallest absolute Gasteiger partial charge is 0.126 e. The van der Waals surface area contributed by atoms with Gasteiger partial charge in [0.15, 0.2) is 0 Å². The Hall–Kier alpha value is -0.970. The number of hydrogen-bond acceptors (Lipinski definition) is 3. The van der Waals surface area contributed by atoms with Crippen LogP contribution in [-0.4, -0.2) is 55.2 Å². The van der Waals surface area contributed by atoms with Crippen molar-refractivity contribution >= 4 is 0 Å². The lowest BCUT2D eigenvalue weighted by Gasteiger charge is -2.32. The molecule has 2 heterocycles. The van der Waals surface area contributed by atoms with Gasteiger partial charge >= 0.3 is 0 Å². The van der Waals surface area contributed by atoms with E-state index in [1.54, 1.807) is 6.07 Å². The van der Waals surface area contributed by atoms with E-state index in [-0.39, 0.29) is 5.82 Å². The first-order chi connectivity index (χ1) is 9.72. The van der Waals surface area contributed by atoms with Gasteiger partial charge in [-0.25, -0.2) is 4.39 Å². The molecule has 2 saturated heterocycles.